The van der Waals surface area contributed by atoms with E-state index in [9.17, 15) is 0 Å². The molecule has 0 aromatic carbocycles. The van der Waals surface area contributed by atoms with Crippen molar-refractivity contribution in [3.05, 3.63) is 22.3 Å². The van der Waals surface area contributed by atoms with Crippen molar-refractivity contribution >= 4 is 21.7 Å². The molecule has 0 radical (unpaired) electrons. The van der Waals surface area contributed by atoms with Gasteiger partial charge in [0.2, 0.25) is 0 Å². The van der Waals surface area contributed by atoms with E-state index in [-0.39, 0.29) is 0 Å². The number of hydrogen-bond acceptors (Lipinski definition) is 3. The molecule has 0 spiro atoms. The smallest absolute Gasteiger partial charge is 0.144 e. The Morgan fingerprint density at radius 3 is 2.65 bits per heavy atom. The monoisotopic (exact) mass is 293 g/mol. The summed E-state index contributed by atoms with van der Waals surface area (Å²) >= 11 is 3.33. The number of halogens is 1. The highest BCUT2D eigenvalue weighted by atomic mass is 79.9. The molecule has 1 heterocycles. The molecule has 1 aliphatic carbocycles. The lowest BCUT2D eigenvalue weighted by Gasteiger charge is -2.17. The molecule has 0 bridgehead atoms. The number of hydrogen-bond donors (Lipinski definition) is 1. The van der Waals surface area contributed by atoms with Crippen LogP contribution < -0.4 is 5.32 Å². The van der Waals surface area contributed by atoms with E-state index in [1.807, 2.05) is 6.07 Å². The van der Waals surface area contributed by atoms with E-state index in [2.05, 4.69) is 32.3 Å². The summed E-state index contributed by atoms with van der Waals surface area (Å²) < 4.78 is 0.848. The summed E-state index contributed by atoms with van der Waals surface area (Å²) in [7, 11) is 0. The predicted octanol–water partition coefficient (Wildman–Crippen LogP) is 3.85. The summed E-state index contributed by atoms with van der Waals surface area (Å²) in [5, 5.41) is 12.5. The SMILES string of the molecule is N#Cc1cc(Br)cnc1NC1CCCCCC1. The minimum Gasteiger partial charge on any atom is -0.366 e. The van der Waals surface area contributed by atoms with Gasteiger partial charge in [-0.15, -0.1) is 0 Å². The summed E-state index contributed by atoms with van der Waals surface area (Å²) in [6.07, 6.45) is 9.31. The van der Waals surface area contributed by atoms with Gasteiger partial charge in [-0.05, 0) is 34.8 Å². The summed E-state index contributed by atoms with van der Waals surface area (Å²) in [4.78, 5) is 4.29. The Labute approximate surface area is 110 Å². The summed E-state index contributed by atoms with van der Waals surface area (Å²) in [6.45, 7) is 0. The second-order valence-electron chi connectivity index (χ2n) is 4.49. The van der Waals surface area contributed by atoms with Gasteiger partial charge in [0.1, 0.15) is 11.9 Å². The first-order chi connectivity index (χ1) is 8.29. The van der Waals surface area contributed by atoms with Crippen LogP contribution in [0.25, 0.3) is 0 Å². The molecule has 0 aliphatic heterocycles. The lowest BCUT2D eigenvalue weighted by atomic mass is 10.1. The molecule has 0 atom stereocenters. The standard InChI is InChI=1S/C13H16BrN3/c14-11-7-10(8-15)13(16-9-11)17-12-5-3-1-2-4-6-12/h7,9,12H,1-6H2,(H,16,17). The van der Waals surface area contributed by atoms with Crippen LogP contribution in [-0.2, 0) is 0 Å². The molecule has 0 saturated heterocycles. The first kappa shape index (κ1) is 12.4. The molecule has 0 unspecified atom stereocenters. The van der Waals surface area contributed by atoms with Gasteiger partial charge in [0.05, 0.1) is 5.56 Å². The van der Waals surface area contributed by atoms with Gasteiger partial charge in [0.15, 0.2) is 0 Å². The Morgan fingerprint density at radius 1 is 1.29 bits per heavy atom. The van der Waals surface area contributed by atoms with Crippen LogP contribution in [0.2, 0.25) is 0 Å². The van der Waals surface area contributed by atoms with E-state index in [1.165, 1.54) is 38.5 Å². The van der Waals surface area contributed by atoms with E-state index in [4.69, 9.17) is 5.26 Å². The average Bonchev–Trinajstić information content (AvgIpc) is 2.60. The van der Waals surface area contributed by atoms with E-state index < -0.39 is 0 Å². The van der Waals surface area contributed by atoms with Crippen molar-refractivity contribution in [2.24, 2.45) is 0 Å². The van der Waals surface area contributed by atoms with Gasteiger partial charge in [-0.1, -0.05) is 25.7 Å². The zero-order chi connectivity index (χ0) is 12.1. The van der Waals surface area contributed by atoms with Crippen LogP contribution in [0.4, 0.5) is 5.82 Å². The Bertz CT molecular complexity index is 417. The quantitative estimate of drug-likeness (QED) is 0.843. The number of pyridine rings is 1. The number of rotatable bonds is 2. The average molecular weight is 294 g/mol. The maximum absolute atomic E-state index is 9.08. The topological polar surface area (TPSA) is 48.7 Å². The van der Waals surface area contributed by atoms with E-state index in [1.54, 1.807) is 6.20 Å². The molecule has 1 aromatic rings. The minimum atomic E-state index is 0.471. The summed E-state index contributed by atoms with van der Waals surface area (Å²) in [6, 6.07) is 4.47. The third kappa shape index (κ3) is 3.44. The number of aromatic nitrogens is 1. The lowest BCUT2D eigenvalue weighted by molar-refractivity contribution is 0.617. The fraction of sp³-hybridized carbons (Fsp3) is 0.538. The molecule has 2 rings (SSSR count). The maximum atomic E-state index is 9.08. The number of nitrogens with one attached hydrogen (secondary N) is 1. The molecule has 1 saturated carbocycles. The van der Waals surface area contributed by atoms with Crippen LogP contribution in [0.3, 0.4) is 0 Å². The Morgan fingerprint density at radius 2 is 2.00 bits per heavy atom. The van der Waals surface area contributed by atoms with Gasteiger partial charge in [0.25, 0.3) is 0 Å². The molecule has 1 aliphatic rings. The molecule has 3 nitrogen and oxygen atoms in total. The molecular weight excluding hydrogens is 278 g/mol. The van der Waals surface area contributed by atoms with Gasteiger partial charge >= 0.3 is 0 Å². The Balaban J connectivity index is 2.09. The highest BCUT2D eigenvalue weighted by Gasteiger charge is 2.14. The number of anilines is 1. The molecule has 1 fully saturated rings. The van der Waals surface area contributed by atoms with Crippen LogP contribution in [0, 0.1) is 11.3 Å². The van der Waals surface area contributed by atoms with Gasteiger partial charge in [-0.2, -0.15) is 5.26 Å². The normalized spacial score (nSPS) is 17.2. The first-order valence-electron chi connectivity index (χ1n) is 6.12. The third-order valence-corrected chi connectivity index (χ3v) is 3.60. The first-order valence-corrected chi connectivity index (χ1v) is 6.91. The summed E-state index contributed by atoms with van der Waals surface area (Å²) in [5.41, 5.74) is 0.614. The molecule has 1 aromatic heterocycles. The van der Waals surface area contributed by atoms with Crippen LogP contribution in [0.1, 0.15) is 44.1 Å². The number of nitriles is 1. The van der Waals surface area contributed by atoms with Crippen LogP contribution in [-0.4, -0.2) is 11.0 Å². The zero-order valence-corrected chi connectivity index (χ0v) is 11.3. The van der Waals surface area contributed by atoms with Crippen molar-refractivity contribution in [1.82, 2.24) is 4.98 Å². The Hall–Kier alpha value is -1.08. The second-order valence-corrected chi connectivity index (χ2v) is 5.41. The van der Waals surface area contributed by atoms with Crippen molar-refractivity contribution in [3.8, 4) is 6.07 Å². The zero-order valence-electron chi connectivity index (χ0n) is 9.75. The molecule has 17 heavy (non-hydrogen) atoms. The van der Waals surface area contributed by atoms with Crippen LogP contribution in [0.5, 0.6) is 0 Å². The van der Waals surface area contributed by atoms with Gasteiger partial charge in [-0.3, -0.25) is 0 Å². The molecule has 4 heteroatoms. The lowest BCUT2D eigenvalue weighted by Crippen LogP contribution is -2.19. The van der Waals surface area contributed by atoms with E-state index >= 15 is 0 Å². The highest BCUT2D eigenvalue weighted by Crippen LogP contribution is 2.23. The van der Waals surface area contributed by atoms with Crippen LogP contribution >= 0.6 is 15.9 Å². The molecule has 90 valence electrons. The second kappa shape index (κ2) is 6.02. The molecular formula is C13H16BrN3. The minimum absolute atomic E-state index is 0.471. The predicted molar refractivity (Wildman–Crippen MR) is 71.8 cm³/mol. The summed E-state index contributed by atoms with van der Waals surface area (Å²) in [5.74, 6) is 0.725. The van der Waals surface area contributed by atoms with E-state index in [0.717, 1.165) is 10.3 Å². The van der Waals surface area contributed by atoms with Gasteiger partial charge in [-0.25, -0.2) is 4.98 Å². The van der Waals surface area contributed by atoms with E-state index in [0.29, 0.717) is 11.6 Å². The van der Waals surface area contributed by atoms with Gasteiger partial charge < -0.3 is 5.32 Å². The maximum Gasteiger partial charge on any atom is 0.144 e. The molecule has 1 N–H and O–H groups in total. The van der Waals surface area contributed by atoms with Crippen molar-refractivity contribution in [3.63, 3.8) is 0 Å². The van der Waals surface area contributed by atoms with Crippen molar-refractivity contribution < 1.29 is 0 Å². The highest BCUT2D eigenvalue weighted by molar-refractivity contribution is 9.10. The van der Waals surface area contributed by atoms with Crippen molar-refractivity contribution in [1.29, 1.82) is 5.26 Å². The number of nitrogens with zero attached hydrogens (tertiary/aromatic N) is 2. The van der Waals surface area contributed by atoms with Gasteiger partial charge in [0, 0.05) is 16.7 Å². The largest absolute Gasteiger partial charge is 0.366 e. The third-order valence-electron chi connectivity index (χ3n) is 3.17. The van der Waals surface area contributed by atoms with Crippen molar-refractivity contribution in [2.75, 3.05) is 5.32 Å². The van der Waals surface area contributed by atoms with Crippen LogP contribution in [0.15, 0.2) is 16.7 Å². The fourth-order valence-corrected chi connectivity index (χ4v) is 2.59. The fourth-order valence-electron chi connectivity index (χ4n) is 2.26. The molecule has 0 amide bonds. The van der Waals surface area contributed by atoms with Crippen molar-refractivity contribution in [2.45, 2.75) is 44.6 Å². The Kier molecular flexibility index (Phi) is 4.38.